The summed E-state index contributed by atoms with van der Waals surface area (Å²) in [6.45, 7) is 5.99. The molecule has 0 radical (unpaired) electrons. The van der Waals surface area contributed by atoms with Gasteiger partial charge in [0.1, 0.15) is 5.75 Å². The van der Waals surface area contributed by atoms with Crippen LogP contribution < -0.4 is 4.74 Å². The number of hydrogen-bond donors (Lipinski definition) is 0. The molecule has 102 valence electrons. The standard InChI is InChI=1S/C14H18N2OS2/c1-2-17-11-5-6-13-12(9-11)16(14(18)19-13)10-15-7-3-4-8-15/h5-6,9H,2-4,7-8,10H2,1H3. The first-order valence-corrected chi connectivity index (χ1v) is 7.99. The summed E-state index contributed by atoms with van der Waals surface area (Å²) in [7, 11) is 0. The van der Waals surface area contributed by atoms with Gasteiger partial charge in [0.25, 0.3) is 0 Å². The van der Waals surface area contributed by atoms with E-state index < -0.39 is 0 Å². The van der Waals surface area contributed by atoms with Gasteiger partial charge in [0.05, 0.1) is 23.5 Å². The zero-order valence-corrected chi connectivity index (χ0v) is 12.7. The average Bonchev–Trinajstić information content (AvgIpc) is 3.00. The molecule has 0 unspecified atom stereocenters. The van der Waals surface area contributed by atoms with Crippen LogP contribution in [0.25, 0.3) is 10.2 Å². The number of ether oxygens (including phenoxy) is 1. The van der Waals surface area contributed by atoms with Gasteiger partial charge < -0.3 is 9.30 Å². The predicted octanol–water partition coefficient (Wildman–Crippen LogP) is 3.88. The van der Waals surface area contributed by atoms with E-state index in [2.05, 4.69) is 21.6 Å². The molecule has 1 fully saturated rings. The number of hydrogen-bond acceptors (Lipinski definition) is 4. The molecular weight excluding hydrogens is 276 g/mol. The van der Waals surface area contributed by atoms with Crippen molar-refractivity contribution in [1.29, 1.82) is 0 Å². The van der Waals surface area contributed by atoms with Crippen molar-refractivity contribution in [2.45, 2.75) is 26.4 Å². The number of benzene rings is 1. The molecule has 2 heterocycles. The maximum Gasteiger partial charge on any atom is 0.163 e. The molecule has 0 spiro atoms. The highest BCUT2D eigenvalue weighted by Gasteiger charge is 2.14. The molecule has 2 aromatic rings. The molecule has 0 amide bonds. The lowest BCUT2D eigenvalue weighted by Gasteiger charge is -2.16. The lowest BCUT2D eigenvalue weighted by molar-refractivity contribution is 0.274. The summed E-state index contributed by atoms with van der Waals surface area (Å²) in [5.74, 6) is 0.929. The predicted molar refractivity (Wildman–Crippen MR) is 82.6 cm³/mol. The van der Waals surface area contributed by atoms with E-state index in [1.54, 1.807) is 11.3 Å². The summed E-state index contributed by atoms with van der Waals surface area (Å²) in [5.41, 5.74) is 1.20. The van der Waals surface area contributed by atoms with Crippen molar-refractivity contribution in [1.82, 2.24) is 9.47 Å². The third-order valence-electron chi connectivity index (χ3n) is 3.49. The molecule has 1 aliphatic heterocycles. The Bertz CT molecular complexity index is 626. The minimum absolute atomic E-state index is 0.697. The van der Waals surface area contributed by atoms with Crippen molar-refractivity contribution in [3.05, 3.63) is 22.2 Å². The number of fused-ring (bicyclic) bond motifs is 1. The van der Waals surface area contributed by atoms with E-state index in [0.29, 0.717) is 6.61 Å². The quantitative estimate of drug-likeness (QED) is 0.797. The van der Waals surface area contributed by atoms with Crippen LogP contribution in [0.5, 0.6) is 5.75 Å². The maximum absolute atomic E-state index is 5.59. The van der Waals surface area contributed by atoms with Crippen LogP contribution in [0.2, 0.25) is 0 Å². The Hall–Kier alpha value is -0.910. The van der Waals surface area contributed by atoms with E-state index in [1.807, 2.05) is 13.0 Å². The van der Waals surface area contributed by atoms with Crippen LogP contribution in [-0.4, -0.2) is 29.2 Å². The summed E-state index contributed by atoms with van der Waals surface area (Å²) in [6, 6.07) is 6.25. The van der Waals surface area contributed by atoms with Crippen LogP contribution in [0, 0.1) is 3.95 Å². The first-order chi connectivity index (χ1) is 9.28. The van der Waals surface area contributed by atoms with Crippen molar-refractivity contribution >= 4 is 33.8 Å². The fourth-order valence-electron chi connectivity index (χ4n) is 2.56. The normalized spacial score (nSPS) is 16.3. The smallest absolute Gasteiger partial charge is 0.163 e. The van der Waals surface area contributed by atoms with Gasteiger partial charge in [0.2, 0.25) is 0 Å². The molecule has 0 bridgehead atoms. The van der Waals surface area contributed by atoms with Gasteiger partial charge in [0.15, 0.2) is 3.95 Å². The Kier molecular flexibility index (Phi) is 3.86. The third kappa shape index (κ3) is 2.68. The summed E-state index contributed by atoms with van der Waals surface area (Å²) in [6.07, 6.45) is 2.61. The number of aromatic nitrogens is 1. The molecule has 19 heavy (non-hydrogen) atoms. The van der Waals surface area contributed by atoms with Crippen LogP contribution in [0.3, 0.4) is 0 Å². The largest absolute Gasteiger partial charge is 0.494 e. The number of thiazole rings is 1. The molecule has 3 rings (SSSR count). The Morgan fingerprint density at radius 1 is 1.32 bits per heavy atom. The molecule has 1 saturated heterocycles. The summed E-state index contributed by atoms with van der Waals surface area (Å²) < 4.78 is 10.0. The summed E-state index contributed by atoms with van der Waals surface area (Å²) in [4.78, 5) is 2.47. The second kappa shape index (κ2) is 5.61. The van der Waals surface area contributed by atoms with Crippen LogP contribution >= 0.6 is 23.6 Å². The minimum Gasteiger partial charge on any atom is -0.494 e. The lowest BCUT2D eigenvalue weighted by Crippen LogP contribution is -2.22. The van der Waals surface area contributed by atoms with Crippen molar-refractivity contribution in [3.63, 3.8) is 0 Å². The average molecular weight is 294 g/mol. The Morgan fingerprint density at radius 3 is 2.84 bits per heavy atom. The van der Waals surface area contributed by atoms with Gasteiger partial charge in [-0.1, -0.05) is 0 Å². The molecule has 0 atom stereocenters. The van der Waals surface area contributed by atoms with Crippen molar-refractivity contribution < 1.29 is 4.74 Å². The number of likely N-dealkylation sites (tertiary alicyclic amines) is 1. The van der Waals surface area contributed by atoms with Crippen LogP contribution in [0.15, 0.2) is 18.2 Å². The highest BCUT2D eigenvalue weighted by molar-refractivity contribution is 7.73. The molecule has 5 heteroatoms. The van der Waals surface area contributed by atoms with Crippen LogP contribution in [-0.2, 0) is 6.67 Å². The molecule has 0 N–H and O–H groups in total. The summed E-state index contributed by atoms with van der Waals surface area (Å²) in [5, 5.41) is 0. The Morgan fingerprint density at radius 2 is 2.11 bits per heavy atom. The van der Waals surface area contributed by atoms with Gasteiger partial charge in [0, 0.05) is 6.07 Å². The van der Waals surface area contributed by atoms with Gasteiger partial charge in [-0.05, 0) is 57.2 Å². The Labute approximate surface area is 122 Å². The topological polar surface area (TPSA) is 17.4 Å². The van der Waals surface area contributed by atoms with E-state index >= 15 is 0 Å². The van der Waals surface area contributed by atoms with E-state index in [9.17, 15) is 0 Å². The Balaban J connectivity index is 1.98. The lowest BCUT2D eigenvalue weighted by atomic mass is 10.3. The molecule has 0 aliphatic carbocycles. The van der Waals surface area contributed by atoms with Gasteiger partial charge in [-0.15, -0.1) is 11.3 Å². The van der Waals surface area contributed by atoms with E-state index in [0.717, 1.165) is 16.4 Å². The molecule has 1 aromatic heterocycles. The van der Waals surface area contributed by atoms with Crippen LogP contribution in [0.1, 0.15) is 19.8 Å². The van der Waals surface area contributed by atoms with Crippen molar-refractivity contribution in [2.24, 2.45) is 0 Å². The van der Waals surface area contributed by atoms with Crippen LogP contribution in [0.4, 0.5) is 0 Å². The molecular formula is C14H18N2OS2. The fraction of sp³-hybridized carbons (Fsp3) is 0.500. The molecule has 0 saturated carbocycles. The molecule has 1 aromatic carbocycles. The summed E-state index contributed by atoms with van der Waals surface area (Å²) >= 11 is 7.19. The highest BCUT2D eigenvalue weighted by Crippen LogP contribution is 2.28. The van der Waals surface area contributed by atoms with Gasteiger partial charge >= 0.3 is 0 Å². The SMILES string of the molecule is CCOc1ccc2sc(=S)n(CN3CCCC3)c2c1. The monoisotopic (exact) mass is 294 g/mol. The van der Waals surface area contributed by atoms with Gasteiger partial charge in [-0.2, -0.15) is 0 Å². The zero-order valence-electron chi connectivity index (χ0n) is 11.1. The van der Waals surface area contributed by atoms with Crippen molar-refractivity contribution in [2.75, 3.05) is 19.7 Å². The van der Waals surface area contributed by atoms with E-state index in [4.69, 9.17) is 17.0 Å². The molecule has 3 nitrogen and oxygen atoms in total. The fourth-order valence-corrected chi connectivity index (χ4v) is 3.85. The van der Waals surface area contributed by atoms with Crippen molar-refractivity contribution in [3.8, 4) is 5.75 Å². The first kappa shape index (κ1) is 13.1. The van der Waals surface area contributed by atoms with E-state index in [-0.39, 0.29) is 0 Å². The zero-order chi connectivity index (χ0) is 13.2. The number of nitrogens with zero attached hydrogens (tertiary/aromatic N) is 2. The number of rotatable bonds is 4. The van der Waals surface area contributed by atoms with Gasteiger partial charge in [-0.25, -0.2) is 0 Å². The minimum atomic E-state index is 0.697. The third-order valence-corrected chi connectivity index (χ3v) is 4.92. The first-order valence-electron chi connectivity index (χ1n) is 6.76. The van der Waals surface area contributed by atoms with E-state index in [1.165, 1.54) is 36.1 Å². The van der Waals surface area contributed by atoms with Gasteiger partial charge in [-0.3, -0.25) is 4.90 Å². The maximum atomic E-state index is 5.59. The second-order valence-electron chi connectivity index (χ2n) is 4.83. The second-order valence-corrected chi connectivity index (χ2v) is 6.50. The highest BCUT2D eigenvalue weighted by atomic mass is 32.1. The molecule has 1 aliphatic rings.